The maximum Gasteiger partial charge on any atom is 0.269 e. The zero-order valence-corrected chi connectivity index (χ0v) is 20.3. The Hall–Kier alpha value is -2.74. The van der Waals surface area contributed by atoms with E-state index in [1.165, 1.54) is 0 Å². The van der Waals surface area contributed by atoms with Gasteiger partial charge < -0.3 is 15.7 Å². The molecule has 3 aromatic carbocycles. The Balaban J connectivity index is 1.87. The molecule has 0 saturated heterocycles. The summed E-state index contributed by atoms with van der Waals surface area (Å²) < 4.78 is 1.20. The molecule has 0 fully saturated rings. The highest BCUT2D eigenvalue weighted by Gasteiger charge is 2.22. The molecule has 0 spiro atoms. The highest BCUT2D eigenvalue weighted by molar-refractivity contribution is 9.15. The SMILES string of the molecule is O=C(N[C@H](CO)Cc1ccccc1)/C(NC(=O)c1cccc(Br)c1)=C(/Br)c1ccccc1. The van der Waals surface area contributed by atoms with Crippen LogP contribution in [0.3, 0.4) is 0 Å². The molecule has 1 atom stereocenters. The van der Waals surface area contributed by atoms with Crippen LogP contribution in [0.4, 0.5) is 0 Å². The molecule has 3 aromatic rings. The van der Waals surface area contributed by atoms with Crippen LogP contribution in [0.1, 0.15) is 21.5 Å². The Bertz CT molecular complexity index is 1100. The summed E-state index contributed by atoms with van der Waals surface area (Å²) in [7, 11) is 0. The summed E-state index contributed by atoms with van der Waals surface area (Å²) in [6.07, 6.45) is 0.457. The molecule has 164 valence electrons. The summed E-state index contributed by atoms with van der Waals surface area (Å²) in [6, 6.07) is 25.2. The number of amides is 2. The van der Waals surface area contributed by atoms with E-state index in [-0.39, 0.29) is 12.3 Å². The molecule has 0 aliphatic heterocycles. The van der Waals surface area contributed by atoms with Gasteiger partial charge in [0.05, 0.1) is 17.1 Å². The van der Waals surface area contributed by atoms with E-state index in [1.54, 1.807) is 18.2 Å². The summed E-state index contributed by atoms with van der Waals surface area (Å²) in [5.41, 5.74) is 2.18. The lowest BCUT2D eigenvalue weighted by atomic mass is 10.1. The van der Waals surface area contributed by atoms with E-state index >= 15 is 0 Å². The number of hydrogen-bond donors (Lipinski definition) is 3. The van der Waals surface area contributed by atoms with Crippen LogP contribution in [0.15, 0.2) is 95.1 Å². The van der Waals surface area contributed by atoms with Gasteiger partial charge in [0.1, 0.15) is 5.70 Å². The van der Waals surface area contributed by atoms with E-state index in [4.69, 9.17) is 0 Å². The van der Waals surface area contributed by atoms with Crippen LogP contribution in [0.5, 0.6) is 0 Å². The average molecular weight is 558 g/mol. The molecule has 0 aliphatic rings. The van der Waals surface area contributed by atoms with Gasteiger partial charge in [0, 0.05) is 10.0 Å². The lowest BCUT2D eigenvalue weighted by Gasteiger charge is -2.19. The number of benzene rings is 3. The molecule has 0 saturated carbocycles. The van der Waals surface area contributed by atoms with Gasteiger partial charge in [-0.05, 0) is 51.7 Å². The summed E-state index contributed by atoms with van der Waals surface area (Å²) in [6.45, 7) is -0.240. The number of aliphatic hydroxyl groups is 1. The standard InChI is InChI=1S/C25H22Br2N2O3/c26-20-13-7-12-19(15-20)24(31)29-23(22(27)18-10-5-2-6-11-18)25(32)28-21(16-30)14-17-8-3-1-4-9-17/h1-13,15,21,30H,14,16H2,(H,28,32)(H,29,31)/b23-22-/t21-/m0/s1. The fourth-order valence-electron chi connectivity index (χ4n) is 3.07. The van der Waals surface area contributed by atoms with E-state index in [9.17, 15) is 14.7 Å². The van der Waals surface area contributed by atoms with Gasteiger partial charge in [-0.1, -0.05) is 82.7 Å². The van der Waals surface area contributed by atoms with Crippen molar-refractivity contribution >= 4 is 48.2 Å². The monoisotopic (exact) mass is 556 g/mol. The normalized spacial score (nSPS) is 12.5. The van der Waals surface area contributed by atoms with E-state index < -0.39 is 17.9 Å². The van der Waals surface area contributed by atoms with Crippen molar-refractivity contribution in [2.45, 2.75) is 12.5 Å². The van der Waals surface area contributed by atoms with Crippen LogP contribution >= 0.6 is 31.9 Å². The summed E-state index contributed by atoms with van der Waals surface area (Å²) in [4.78, 5) is 26.1. The molecule has 0 heterocycles. The lowest BCUT2D eigenvalue weighted by Crippen LogP contribution is -2.43. The van der Waals surface area contributed by atoms with Gasteiger partial charge in [0.15, 0.2) is 0 Å². The van der Waals surface area contributed by atoms with Gasteiger partial charge in [-0.25, -0.2) is 0 Å². The van der Waals surface area contributed by atoms with Gasteiger partial charge in [0.25, 0.3) is 11.8 Å². The van der Waals surface area contributed by atoms with Crippen molar-refractivity contribution in [1.82, 2.24) is 10.6 Å². The average Bonchev–Trinajstić information content (AvgIpc) is 2.82. The highest BCUT2D eigenvalue weighted by atomic mass is 79.9. The zero-order chi connectivity index (χ0) is 22.9. The number of nitrogens with one attached hydrogen (secondary N) is 2. The van der Waals surface area contributed by atoms with E-state index in [0.717, 1.165) is 15.6 Å². The third-order valence-electron chi connectivity index (χ3n) is 4.68. The van der Waals surface area contributed by atoms with Crippen molar-refractivity contribution < 1.29 is 14.7 Å². The second-order valence-electron chi connectivity index (χ2n) is 7.06. The van der Waals surface area contributed by atoms with E-state index in [2.05, 4.69) is 42.5 Å². The van der Waals surface area contributed by atoms with Crippen LogP contribution in [-0.2, 0) is 11.2 Å². The van der Waals surface area contributed by atoms with Crippen LogP contribution in [0.25, 0.3) is 4.48 Å². The minimum atomic E-state index is -0.515. The topological polar surface area (TPSA) is 78.4 Å². The summed E-state index contributed by atoms with van der Waals surface area (Å²) in [5.74, 6) is -0.924. The molecule has 7 heteroatoms. The minimum absolute atomic E-state index is 0.0627. The number of halogens is 2. The first kappa shape index (κ1) is 23.9. The zero-order valence-electron chi connectivity index (χ0n) is 17.1. The largest absolute Gasteiger partial charge is 0.394 e. The quantitative estimate of drug-likeness (QED) is 0.352. The Labute approximate surface area is 203 Å². The van der Waals surface area contributed by atoms with Gasteiger partial charge >= 0.3 is 0 Å². The van der Waals surface area contributed by atoms with Gasteiger partial charge in [-0.15, -0.1) is 0 Å². The maximum absolute atomic E-state index is 13.2. The number of rotatable bonds is 8. The van der Waals surface area contributed by atoms with E-state index in [1.807, 2.05) is 66.7 Å². The molecule has 0 bridgehead atoms. The predicted octanol–water partition coefficient (Wildman–Crippen LogP) is 4.66. The molecular weight excluding hydrogens is 536 g/mol. The molecule has 0 aliphatic carbocycles. The number of carbonyl (C=O) groups excluding carboxylic acids is 2. The molecule has 0 aromatic heterocycles. The van der Waals surface area contributed by atoms with Crippen molar-refractivity contribution in [2.24, 2.45) is 0 Å². The number of hydrogen-bond acceptors (Lipinski definition) is 3. The third kappa shape index (κ3) is 6.63. The Kier molecular flexibility index (Phi) is 8.79. The Morgan fingerprint density at radius 1 is 0.875 bits per heavy atom. The van der Waals surface area contributed by atoms with Gasteiger partial charge in [0.2, 0.25) is 0 Å². The molecule has 0 radical (unpaired) electrons. The highest BCUT2D eigenvalue weighted by Crippen LogP contribution is 2.25. The Morgan fingerprint density at radius 3 is 2.12 bits per heavy atom. The van der Waals surface area contributed by atoms with Crippen molar-refractivity contribution in [3.05, 3.63) is 112 Å². The first-order valence-corrected chi connectivity index (χ1v) is 11.5. The van der Waals surface area contributed by atoms with Crippen molar-refractivity contribution in [3.8, 4) is 0 Å². The smallest absolute Gasteiger partial charge is 0.269 e. The van der Waals surface area contributed by atoms with Crippen LogP contribution in [0, 0.1) is 0 Å². The van der Waals surface area contributed by atoms with Gasteiger partial charge in [-0.3, -0.25) is 9.59 Å². The fourth-order valence-corrected chi connectivity index (χ4v) is 4.02. The minimum Gasteiger partial charge on any atom is -0.394 e. The molecular formula is C25H22Br2N2O3. The second kappa shape index (κ2) is 11.8. The summed E-state index contributed by atoms with van der Waals surface area (Å²) >= 11 is 6.84. The molecule has 32 heavy (non-hydrogen) atoms. The number of carbonyl (C=O) groups is 2. The first-order chi connectivity index (χ1) is 15.5. The summed E-state index contributed by atoms with van der Waals surface area (Å²) in [5, 5.41) is 15.4. The Morgan fingerprint density at radius 2 is 1.50 bits per heavy atom. The maximum atomic E-state index is 13.2. The molecule has 2 amide bonds. The second-order valence-corrected chi connectivity index (χ2v) is 8.77. The van der Waals surface area contributed by atoms with Crippen molar-refractivity contribution in [3.63, 3.8) is 0 Å². The predicted molar refractivity (Wildman–Crippen MR) is 133 cm³/mol. The van der Waals surface area contributed by atoms with Crippen LogP contribution < -0.4 is 10.6 Å². The molecule has 3 rings (SSSR count). The number of aliphatic hydroxyl groups excluding tert-OH is 1. The van der Waals surface area contributed by atoms with Crippen molar-refractivity contribution in [1.29, 1.82) is 0 Å². The van der Waals surface area contributed by atoms with E-state index in [0.29, 0.717) is 16.5 Å². The molecule has 5 nitrogen and oxygen atoms in total. The van der Waals surface area contributed by atoms with Crippen molar-refractivity contribution in [2.75, 3.05) is 6.61 Å². The lowest BCUT2D eigenvalue weighted by molar-refractivity contribution is -0.118. The third-order valence-corrected chi connectivity index (χ3v) is 6.03. The van der Waals surface area contributed by atoms with Gasteiger partial charge in [-0.2, -0.15) is 0 Å². The van der Waals surface area contributed by atoms with Crippen LogP contribution in [-0.4, -0.2) is 29.6 Å². The fraction of sp³-hybridized carbons (Fsp3) is 0.120. The molecule has 0 unspecified atom stereocenters. The van der Waals surface area contributed by atoms with Crippen LogP contribution in [0.2, 0.25) is 0 Å². The molecule has 3 N–H and O–H groups in total. The first-order valence-electron chi connectivity index (χ1n) is 9.95.